The largest absolute Gasteiger partial charge is 0.480 e. The van der Waals surface area contributed by atoms with Gasteiger partial charge in [0.1, 0.15) is 0 Å². The molecule has 1 aliphatic rings. The van der Waals surface area contributed by atoms with E-state index >= 15 is 0 Å². The second kappa shape index (κ2) is 5.54. The van der Waals surface area contributed by atoms with Gasteiger partial charge in [0.25, 0.3) is 0 Å². The van der Waals surface area contributed by atoms with Crippen molar-refractivity contribution < 1.29 is 19.8 Å². The van der Waals surface area contributed by atoms with Crippen molar-refractivity contribution in [3.05, 3.63) is 34.3 Å². The molecule has 2 atom stereocenters. The van der Waals surface area contributed by atoms with E-state index in [0.717, 1.165) is 10.0 Å². The van der Waals surface area contributed by atoms with E-state index in [4.69, 9.17) is 5.11 Å². The molecule has 2 unspecified atom stereocenters. The number of aliphatic carboxylic acids is 1. The van der Waals surface area contributed by atoms with Crippen molar-refractivity contribution >= 4 is 27.8 Å². The summed E-state index contributed by atoms with van der Waals surface area (Å²) in [6, 6.07) is 6.14. The molecule has 2 rings (SSSR count). The van der Waals surface area contributed by atoms with Gasteiger partial charge < -0.3 is 15.5 Å². The van der Waals surface area contributed by atoms with Crippen LogP contribution in [0.5, 0.6) is 0 Å². The Bertz CT molecular complexity index is 522. The van der Waals surface area contributed by atoms with Gasteiger partial charge in [-0.05, 0) is 37.5 Å². The zero-order valence-corrected chi connectivity index (χ0v) is 12.6. The third-order valence-electron chi connectivity index (χ3n) is 3.62. The number of hydrogen-bond donors (Lipinski definition) is 3. The monoisotopic (exact) mass is 341 g/mol. The summed E-state index contributed by atoms with van der Waals surface area (Å²) in [5, 5.41) is 20.9. The van der Waals surface area contributed by atoms with Gasteiger partial charge in [0.05, 0.1) is 11.5 Å². The van der Waals surface area contributed by atoms with Crippen LogP contribution >= 0.6 is 15.9 Å². The van der Waals surface area contributed by atoms with Crippen LogP contribution in [0.2, 0.25) is 0 Å². The molecule has 1 fully saturated rings. The van der Waals surface area contributed by atoms with E-state index in [9.17, 15) is 14.7 Å². The highest BCUT2D eigenvalue weighted by atomic mass is 79.9. The summed E-state index contributed by atoms with van der Waals surface area (Å²) in [5.74, 6) is -1.58. The van der Waals surface area contributed by atoms with Gasteiger partial charge in [-0.15, -0.1) is 0 Å². The summed E-state index contributed by atoms with van der Waals surface area (Å²) in [4.78, 5) is 23.4. The molecular formula is C14H16BrNO4. The number of benzene rings is 1. The molecule has 0 aromatic heterocycles. The predicted molar refractivity (Wildman–Crippen MR) is 76.3 cm³/mol. The summed E-state index contributed by atoms with van der Waals surface area (Å²) in [5.41, 5.74) is 0.219. The number of carbonyl (C=O) groups is 2. The molecule has 1 aromatic carbocycles. The van der Waals surface area contributed by atoms with Gasteiger partial charge in [-0.1, -0.05) is 28.1 Å². The number of amides is 1. The highest BCUT2D eigenvalue weighted by molar-refractivity contribution is 9.10. The smallest absolute Gasteiger partial charge is 0.328 e. The molecule has 1 amide bonds. The van der Waals surface area contributed by atoms with E-state index in [1.165, 1.54) is 6.92 Å². The summed E-state index contributed by atoms with van der Waals surface area (Å²) in [6.07, 6.45) is 0.233. The molecule has 6 heteroatoms. The Hall–Kier alpha value is -1.40. The fourth-order valence-corrected chi connectivity index (χ4v) is 2.47. The Balaban J connectivity index is 2.16. The summed E-state index contributed by atoms with van der Waals surface area (Å²) in [7, 11) is 0. The summed E-state index contributed by atoms with van der Waals surface area (Å²) < 4.78 is 0.921. The fraction of sp³-hybridized carbons (Fsp3) is 0.429. The van der Waals surface area contributed by atoms with Crippen LogP contribution in [0.3, 0.4) is 0 Å². The van der Waals surface area contributed by atoms with E-state index < -0.39 is 23.5 Å². The van der Waals surface area contributed by atoms with Crippen molar-refractivity contribution in [1.29, 1.82) is 0 Å². The van der Waals surface area contributed by atoms with Gasteiger partial charge in [0.15, 0.2) is 6.04 Å². The number of carbonyl (C=O) groups excluding carboxylic acids is 1. The average molecular weight is 342 g/mol. The third-order valence-corrected chi connectivity index (χ3v) is 4.15. The molecule has 0 saturated heterocycles. The van der Waals surface area contributed by atoms with E-state index in [0.29, 0.717) is 12.8 Å². The first-order valence-corrected chi connectivity index (χ1v) is 7.14. The number of nitrogens with one attached hydrogen (secondary N) is 1. The quantitative estimate of drug-likeness (QED) is 0.756. The minimum Gasteiger partial charge on any atom is -0.480 e. The number of rotatable bonds is 5. The van der Waals surface area contributed by atoms with Crippen LogP contribution in [0, 0.1) is 0 Å². The van der Waals surface area contributed by atoms with Crippen LogP contribution in [0.4, 0.5) is 0 Å². The lowest BCUT2D eigenvalue weighted by Crippen LogP contribution is -2.50. The van der Waals surface area contributed by atoms with Crippen molar-refractivity contribution in [2.45, 2.75) is 37.3 Å². The Morgan fingerprint density at radius 2 is 1.85 bits per heavy atom. The van der Waals surface area contributed by atoms with Gasteiger partial charge in [0.2, 0.25) is 5.91 Å². The van der Waals surface area contributed by atoms with Crippen molar-refractivity contribution in [1.82, 2.24) is 5.32 Å². The lowest BCUT2D eigenvalue weighted by molar-refractivity contribution is -0.145. The second-order valence-electron chi connectivity index (χ2n) is 5.12. The van der Waals surface area contributed by atoms with Crippen LogP contribution in [0.25, 0.3) is 0 Å². The van der Waals surface area contributed by atoms with Gasteiger partial charge in [-0.3, -0.25) is 4.79 Å². The molecule has 5 nitrogen and oxygen atoms in total. The minimum absolute atomic E-state index is 0.340. The molecule has 0 radical (unpaired) electrons. The normalized spacial score (nSPS) is 18.9. The molecule has 0 heterocycles. The number of aliphatic hydroxyl groups excluding tert-OH is 1. The first-order chi connectivity index (χ1) is 9.36. The van der Waals surface area contributed by atoms with Crippen molar-refractivity contribution in [2.75, 3.05) is 0 Å². The molecule has 108 valence electrons. The molecule has 1 saturated carbocycles. The van der Waals surface area contributed by atoms with Crippen molar-refractivity contribution in [2.24, 2.45) is 0 Å². The van der Waals surface area contributed by atoms with Crippen LogP contribution in [0.15, 0.2) is 28.7 Å². The maximum Gasteiger partial charge on any atom is 0.328 e. The van der Waals surface area contributed by atoms with Crippen LogP contribution < -0.4 is 5.32 Å². The molecule has 1 aromatic rings. The SMILES string of the molecule is CC(O)C(NC(=O)C1(c2ccc(Br)cc2)CC1)C(=O)O. The highest BCUT2D eigenvalue weighted by Gasteiger charge is 2.52. The number of carboxylic acids is 1. The molecule has 0 spiro atoms. The molecule has 0 aliphatic heterocycles. The van der Waals surface area contributed by atoms with E-state index in [2.05, 4.69) is 21.2 Å². The summed E-state index contributed by atoms with van der Waals surface area (Å²) in [6.45, 7) is 1.35. The van der Waals surface area contributed by atoms with Gasteiger partial charge >= 0.3 is 5.97 Å². The first kappa shape index (κ1) is 15.0. The van der Waals surface area contributed by atoms with Crippen LogP contribution in [-0.4, -0.2) is 34.2 Å². The highest BCUT2D eigenvalue weighted by Crippen LogP contribution is 2.48. The van der Waals surface area contributed by atoms with Crippen molar-refractivity contribution in [3.63, 3.8) is 0 Å². The van der Waals surface area contributed by atoms with E-state index in [-0.39, 0.29) is 5.91 Å². The third kappa shape index (κ3) is 2.86. The van der Waals surface area contributed by atoms with E-state index in [1.807, 2.05) is 24.3 Å². The Labute approximate surface area is 125 Å². The van der Waals surface area contributed by atoms with Gasteiger partial charge in [-0.25, -0.2) is 4.79 Å². The zero-order valence-electron chi connectivity index (χ0n) is 11.0. The standard InChI is InChI=1S/C14H16BrNO4/c1-8(17)11(12(18)19)16-13(20)14(6-7-14)9-2-4-10(15)5-3-9/h2-5,8,11,17H,6-7H2,1H3,(H,16,20)(H,18,19). The lowest BCUT2D eigenvalue weighted by Gasteiger charge is -2.21. The maximum atomic E-state index is 12.3. The second-order valence-corrected chi connectivity index (χ2v) is 6.03. The van der Waals surface area contributed by atoms with Gasteiger partial charge in [-0.2, -0.15) is 0 Å². The zero-order chi connectivity index (χ0) is 14.9. The number of halogens is 1. The predicted octanol–water partition coefficient (Wildman–Crippen LogP) is 1.43. The Morgan fingerprint density at radius 1 is 1.30 bits per heavy atom. The van der Waals surface area contributed by atoms with Crippen molar-refractivity contribution in [3.8, 4) is 0 Å². The molecule has 1 aliphatic carbocycles. The van der Waals surface area contributed by atoms with Gasteiger partial charge in [0, 0.05) is 4.47 Å². The number of carboxylic acid groups (broad SMARTS) is 1. The Kier molecular flexibility index (Phi) is 4.15. The molecule has 0 bridgehead atoms. The topological polar surface area (TPSA) is 86.6 Å². The number of aliphatic hydroxyl groups is 1. The molecule has 3 N–H and O–H groups in total. The maximum absolute atomic E-state index is 12.3. The molecular weight excluding hydrogens is 326 g/mol. The van der Waals surface area contributed by atoms with E-state index in [1.54, 1.807) is 0 Å². The molecule has 20 heavy (non-hydrogen) atoms. The fourth-order valence-electron chi connectivity index (χ4n) is 2.21. The van der Waals surface area contributed by atoms with Crippen LogP contribution in [-0.2, 0) is 15.0 Å². The Morgan fingerprint density at radius 3 is 2.25 bits per heavy atom. The lowest BCUT2D eigenvalue weighted by atomic mass is 9.94. The summed E-state index contributed by atoms with van der Waals surface area (Å²) >= 11 is 3.34. The van der Waals surface area contributed by atoms with Crippen LogP contribution in [0.1, 0.15) is 25.3 Å². The average Bonchev–Trinajstić information content (AvgIpc) is 3.17. The first-order valence-electron chi connectivity index (χ1n) is 6.35. The minimum atomic E-state index is -1.28. The number of hydrogen-bond acceptors (Lipinski definition) is 3.